The Balaban J connectivity index is 1.67. The normalized spacial score (nSPS) is 32.2. The van der Waals surface area contributed by atoms with Crippen LogP contribution in [0, 0.1) is 17.8 Å². The number of H-pyrrole nitrogens is 1. The molecule has 2 aromatic rings. The Labute approximate surface area is 151 Å². The minimum absolute atomic E-state index is 0.235. The molecule has 1 N–H and O–H groups in total. The zero-order valence-corrected chi connectivity index (χ0v) is 15.4. The highest BCUT2D eigenvalue weighted by Crippen LogP contribution is 2.60. The van der Waals surface area contributed by atoms with E-state index in [4.69, 9.17) is 9.72 Å². The molecule has 5 rings (SSSR count). The first-order valence-corrected chi connectivity index (χ1v) is 9.98. The second-order valence-electron chi connectivity index (χ2n) is 8.17. The lowest BCUT2D eigenvalue weighted by Gasteiger charge is -2.24. The van der Waals surface area contributed by atoms with Crippen molar-refractivity contribution in [2.45, 2.75) is 64.6 Å². The summed E-state index contributed by atoms with van der Waals surface area (Å²) in [7, 11) is 0. The van der Waals surface area contributed by atoms with E-state index in [-0.39, 0.29) is 11.2 Å². The molecule has 2 aromatic heterocycles. The van der Waals surface area contributed by atoms with E-state index in [1.807, 2.05) is 13.8 Å². The summed E-state index contributed by atoms with van der Waals surface area (Å²) in [5.41, 5.74) is 0.547. The lowest BCUT2D eigenvalue weighted by Crippen LogP contribution is -2.40. The molecule has 5 unspecified atom stereocenters. The zero-order chi connectivity index (χ0) is 18.0. The molecule has 0 radical (unpaired) electrons. The van der Waals surface area contributed by atoms with E-state index in [9.17, 15) is 9.59 Å². The molecular weight excluding hydrogens is 332 g/mol. The molecule has 0 spiro atoms. The van der Waals surface area contributed by atoms with E-state index in [0.717, 1.165) is 31.7 Å². The number of fused-ring (bicyclic) bond motifs is 2. The summed E-state index contributed by atoms with van der Waals surface area (Å²) in [5.74, 6) is 2.95. The minimum atomic E-state index is -0.235. The van der Waals surface area contributed by atoms with Crippen molar-refractivity contribution in [2.75, 3.05) is 6.61 Å². The Kier molecular flexibility index (Phi) is 3.64. The number of ether oxygens (including phenoxy) is 1. The SMILES string of the molecule is CCCn1c(=O)c2[nH]c(C3C4CC5OCC3C5C4)nc2n(CCC)c1=O. The first-order valence-electron chi connectivity index (χ1n) is 9.98. The Morgan fingerprint density at radius 1 is 1.12 bits per heavy atom. The van der Waals surface area contributed by atoms with Gasteiger partial charge in [0.15, 0.2) is 5.65 Å². The van der Waals surface area contributed by atoms with Crippen LogP contribution in [0.2, 0.25) is 0 Å². The van der Waals surface area contributed by atoms with Gasteiger partial charge in [-0.05, 0) is 43.4 Å². The first-order chi connectivity index (χ1) is 12.6. The van der Waals surface area contributed by atoms with Crippen molar-refractivity contribution in [3.8, 4) is 0 Å². The standard InChI is InChI=1S/C19H26N4O3/c1-3-5-22-17-15(18(24)23(6-4-2)19(22)25)20-16(21-17)14-10-7-11-12(14)9-26-13(11)8-10/h10-14H,3-9H2,1-2H3,(H,20,21). The van der Waals surface area contributed by atoms with Gasteiger partial charge in [-0.25, -0.2) is 9.78 Å². The van der Waals surface area contributed by atoms with Gasteiger partial charge >= 0.3 is 5.69 Å². The molecule has 1 saturated heterocycles. The summed E-state index contributed by atoms with van der Waals surface area (Å²) in [4.78, 5) is 33.9. The number of rotatable bonds is 5. The maximum Gasteiger partial charge on any atom is 0.332 e. The highest BCUT2D eigenvalue weighted by Gasteiger charge is 2.58. The van der Waals surface area contributed by atoms with Gasteiger partial charge in [0, 0.05) is 19.0 Å². The highest BCUT2D eigenvalue weighted by molar-refractivity contribution is 5.70. The van der Waals surface area contributed by atoms with E-state index in [2.05, 4.69) is 4.98 Å². The summed E-state index contributed by atoms with van der Waals surface area (Å²) in [6, 6.07) is 0. The predicted octanol–water partition coefficient (Wildman–Crippen LogP) is 1.84. The average Bonchev–Trinajstić information content (AvgIpc) is 3.35. The molecule has 26 heavy (non-hydrogen) atoms. The number of aromatic amines is 1. The average molecular weight is 358 g/mol. The van der Waals surface area contributed by atoms with Crippen LogP contribution < -0.4 is 11.2 Å². The topological polar surface area (TPSA) is 81.9 Å². The second-order valence-corrected chi connectivity index (χ2v) is 8.17. The molecular formula is C19H26N4O3. The first kappa shape index (κ1) is 16.3. The third-order valence-corrected chi connectivity index (χ3v) is 6.70. The highest BCUT2D eigenvalue weighted by atomic mass is 16.5. The Bertz CT molecular complexity index is 970. The molecule has 7 heteroatoms. The molecule has 3 heterocycles. The maximum absolute atomic E-state index is 12.9. The van der Waals surface area contributed by atoms with Crippen LogP contribution in [0.25, 0.3) is 11.2 Å². The van der Waals surface area contributed by atoms with Crippen molar-refractivity contribution in [2.24, 2.45) is 17.8 Å². The third-order valence-electron chi connectivity index (χ3n) is 6.70. The quantitative estimate of drug-likeness (QED) is 0.884. The van der Waals surface area contributed by atoms with Crippen molar-refractivity contribution >= 4 is 11.2 Å². The number of nitrogens with one attached hydrogen (secondary N) is 1. The molecule has 0 aromatic carbocycles. The van der Waals surface area contributed by atoms with Crippen LogP contribution in [0.4, 0.5) is 0 Å². The van der Waals surface area contributed by atoms with Crippen LogP contribution in [-0.4, -0.2) is 31.8 Å². The predicted molar refractivity (Wildman–Crippen MR) is 97.4 cm³/mol. The molecule has 5 atom stereocenters. The van der Waals surface area contributed by atoms with Gasteiger partial charge in [0.05, 0.1) is 12.7 Å². The largest absolute Gasteiger partial charge is 0.378 e. The monoisotopic (exact) mass is 358 g/mol. The fraction of sp³-hybridized carbons (Fsp3) is 0.737. The van der Waals surface area contributed by atoms with Gasteiger partial charge < -0.3 is 9.72 Å². The van der Waals surface area contributed by atoms with Crippen molar-refractivity contribution < 1.29 is 4.74 Å². The molecule has 2 saturated carbocycles. The summed E-state index contributed by atoms with van der Waals surface area (Å²) in [6.45, 7) is 5.83. The summed E-state index contributed by atoms with van der Waals surface area (Å²) in [6.07, 6.45) is 4.32. The number of hydrogen-bond acceptors (Lipinski definition) is 4. The van der Waals surface area contributed by atoms with Gasteiger partial charge in [-0.2, -0.15) is 0 Å². The maximum atomic E-state index is 12.9. The van der Waals surface area contributed by atoms with Gasteiger partial charge in [0.25, 0.3) is 5.56 Å². The molecule has 2 aliphatic carbocycles. The molecule has 3 fully saturated rings. The summed E-state index contributed by atoms with van der Waals surface area (Å²) in [5, 5.41) is 0. The van der Waals surface area contributed by atoms with E-state index >= 15 is 0 Å². The summed E-state index contributed by atoms with van der Waals surface area (Å²) >= 11 is 0. The lowest BCUT2D eigenvalue weighted by molar-refractivity contribution is 0.101. The summed E-state index contributed by atoms with van der Waals surface area (Å²) < 4.78 is 8.98. The van der Waals surface area contributed by atoms with Gasteiger partial charge in [0.2, 0.25) is 0 Å². The van der Waals surface area contributed by atoms with Gasteiger partial charge in [-0.1, -0.05) is 13.8 Å². The van der Waals surface area contributed by atoms with Gasteiger partial charge in [0.1, 0.15) is 11.3 Å². The number of nitrogens with zero attached hydrogens (tertiary/aromatic N) is 3. The van der Waals surface area contributed by atoms with Crippen molar-refractivity contribution in [3.63, 3.8) is 0 Å². The molecule has 7 nitrogen and oxygen atoms in total. The van der Waals surface area contributed by atoms with E-state index in [1.165, 1.54) is 11.0 Å². The van der Waals surface area contributed by atoms with E-state index in [1.54, 1.807) is 4.57 Å². The van der Waals surface area contributed by atoms with Gasteiger partial charge in [-0.3, -0.25) is 13.9 Å². The number of imidazole rings is 1. The Hall–Kier alpha value is -1.89. The third kappa shape index (κ3) is 2.06. The second kappa shape index (κ2) is 5.81. The van der Waals surface area contributed by atoms with E-state index < -0.39 is 0 Å². The number of aryl methyl sites for hydroxylation is 1. The Morgan fingerprint density at radius 2 is 1.88 bits per heavy atom. The van der Waals surface area contributed by atoms with Crippen molar-refractivity contribution in [3.05, 3.63) is 26.7 Å². The number of hydrogen-bond donors (Lipinski definition) is 1. The number of aromatic nitrogens is 4. The van der Waals surface area contributed by atoms with Crippen LogP contribution >= 0.6 is 0 Å². The van der Waals surface area contributed by atoms with E-state index in [0.29, 0.717) is 54.0 Å². The van der Waals surface area contributed by atoms with Crippen LogP contribution in [0.15, 0.2) is 9.59 Å². The fourth-order valence-electron chi connectivity index (χ4n) is 5.70. The molecule has 3 aliphatic rings. The molecule has 1 aliphatic heterocycles. The van der Waals surface area contributed by atoms with Crippen LogP contribution in [0.5, 0.6) is 0 Å². The molecule has 0 amide bonds. The minimum Gasteiger partial charge on any atom is -0.378 e. The van der Waals surface area contributed by atoms with Gasteiger partial charge in [-0.15, -0.1) is 0 Å². The van der Waals surface area contributed by atoms with Crippen molar-refractivity contribution in [1.29, 1.82) is 0 Å². The van der Waals surface area contributed by atoms with Crippen LogP contribution in [0.1, 0.15) is 51.3 Å². The van der Waals surface area contributed by atoms with Crippen LogP contribution in [0.3, 0.4) is 0 Å². The van der Waals surface area contributed by atoms with Crippen LogP contribution in [-0.2, 0) is 17.8 Å². The Morgan fingerprint density at radius 3 is 2.65 bits per heavy atom. The molecule has 140 valence electrons. The fourth-order valence-corrected chi connectivity index (χ4v) is 5.70. The molecule has 2 bridgehead atoms. The zero-order valence-electron chi connectivity index (χ0n) is 15.4. The van der Waals surface area contributed by atoms with Crippen molar-refractivity contribution in [1.82, 2.24) is 19.1 Å². The smallest absolute Gasteiger partial charge is 0.332 e. The lowest BCUT2D eigenvalue weighted by atomic mass is 9.80.